The van der Waals surface area contributed by atoms with Crippen LogP contribution in [0, 0.1) is 5.92 Å². The summed E-state index contributed by atoms with van der Waals surface area (Å²) >= 11 is 6.01. The molecular formula is C15H18ClN3O. The van der Waals surface area contributed by atoms with E-state index >= 15 is 0 Å². The van der Waals surface area contributed by atoms with E-state index < -0.39 is 0 Å². The Kier molecular flexibility index (Phi) is 2.89. The number of rotatable bonds is 1. The quantitative estimate of drug-likeness (QED) is 0.864. The van der Waals surface area contributed by atoms with Crippen LogP contribution >= 0.6 is 11.6 Å². The second-order valence-electron chi connectivity index (χ2n) is 6.06. The van der Waals surface area contributed by atoms with Gasteiger partial charge in [-0.1, -0.05) is 22.8 Å². The van der Waals surface area contributed by atoms with E-state index in [9.17, 15) is 0 Å². The van der Waals surface area contributed by atoms with Gasteiger partial charge in [-0.2, -0.15) is 0 Å². The van der Waals surface area contributed by atoms with Gasteiger partial charge in [0.1, 0.15) is 0 Å². The van der Waals surface area contributed by atoms with Crippen molar-refractivity contribution in [2.75, 3.05) is 25.0 Å². The van der Waals surface area contributed by atoms with Gasteiger partial charge in [-0.15, -0.1) is 0 Å². The Morgan fingerprint density at radius 1 is 1.35 bits per heavy atom. The van der Waals surface area contributed by atoms with E-state index in [0.717, 1.165) is 29.5 Å². The normalized spacial score (nSPS) is 35.0. The first-order chi connectivity index (χ1) is 9.73. The third-order valence-corrected chi connectivity index (χ3v) is 4.98. The number of oxime groups is 1. The topological polar surface area (TPSA) is 36.9 Å². The van der Waals surface area contributed by atoms with E-state index in [1.165, 1.54) is 25.9 Å². The Labute approximate surface area is 123 Å². The van der Waals surface area contributed by atoms with Crippen molar-refractivity contribution in [1.29, 1.82) is 0 Å². The predicted octanol–water partition coefficient (Wildman–Crippen LogP) is 2.95. The number of benzene rings is 1. The highest BCUT2D eigenvalue weighted by Gasteiger charge is 2.52. The van der Waals surface area contributed by atoms with Gasteiger partial charge >= 0.3 is 0 Å². The number of amidine groups is 1. The van der Waals surface area contributed by atoms with Crippen LogP contribution in [0.3, 0.4) is 0 Å². The lowest BCUT2D eigenvalue weighted by Crippen LogP contribution is -2.59. The fraction of sp³-hybridized carbons (Fsp3) is 0.533. The summed E-state index contributed by atoms with van der Waals surface area (Å²) in [7, 11) is 0. The van der Waals surface area contributed by atoms with E-state index in [1.807, 2.05) is 24.3 Å². The van der Waals surface area contributed by atoms with E-state index in [1.54, 1.807) is 0 Å². The first-order valence-electron chi connectivity index (χ1n) is 7.24. The van der Waals surface area contributed by atoms with Crippen LogP contribution in [0.5, 0.6) is 0 Å². The van der Waals surface area contributed by atoms with E-state index in [0.29, 0.717) is 5.92 Å². The molecule has 3 fully saturated rings. The molecule has 4 aliphatic heterocycles. The Balaban J connectivity index is 1.48. The Morgan fingerprint density at radius 2 is 2.20 bits per heavy atom. The van der Waals surface area contributed by atoms with E-state index in [2.05, 4.69) is 15.4 Å². The van der Waals surface area contributed by atoms with Crippen LogP contribution in [-0.4, -0.2) is 36.0 Å². The molecule has 1 aromatic carbocycles. The lowest BCUT2D eigenvalue weighted by molar-refractivity contribution is -0.136. The van der Waals surface area contributed by atoms with Gasteiger partial charge < -0.3 is 10.2 Å². The van der Waals surface area contributed by atoms with Gasteiger partial charge in [0.15, 0.2) is 11.4 Å². The van der Waals surface area contributed by atoms with Crippen LogP contribution in [0.1, 0.15) is 19.3 Å². The highest BCUT2D eigenvalue weighted by atomic mass is 35.5. The molecule has 1 aromatic rings. The van der Waals surface area contributed by atoms with Crippen molar-refractivity contribution in [3.8, 4) is 0 Å². The lowest BCUT2D eigenvalue weighted by Gasteiger charge is -2.49. The van der Waals surface area contributed by atoms with Gasteiger partial charge in [0, 0.05) is 23.2 Å². The predicted molar refractivity (Wildman–Crippen MR) is 80.1 cm³/mol. The first kappa shape index (κ1) is 12.5. The third-order valence-electron chi connectivity index (χ3n) is 4.74. The number of piperidine rings is 3. The Hall–Kier alpha value is -1.26. The van der Waals surface area contributed by atoms with Gasteiger partial charge in [-0.05, 0) is 44.1 Å². The van der Waals surface area contributed by atoms with Crippen molar-refractivity contribution in [1.82, 2.24) is 4.90 Å². The molecule has 5 rings (SSSR count). The number of hydrogen-bond acceptors (Lipinski definition) is 4. The molecule has 0 amide bonds. The van der Waals surface area contributed by atoms with Crippen molar-refractivity contribution >= 4 is 23.1 Å². The van der Waals surface area contributed by atoms with Crippen LogP contribution in [0.4, 0.5) is 5.69 Å². The molecule has 1 atom stereocenters. The molecule has 106 valence electrons. The standard InChI is InChI=1S/C15H18ClN3O/c16-12-2-1-3-13(8-12)17-14-9-15(20-18-14)10-19-6-4-11(15)5-7-19/h1-3,8,11H,4-7,9-10H2,(H,17,18)/t15-/m0/s1. The highest BCUT2D eigenvalue weighted by Crippen LogP contribution is 2.43. The summed E-state index contributed by atoms with van der Waals surface area (Å²) < 4.78 is 0. The molecule has 0 unspecified atom stereocenters. The van der Waals surface area contributed by atoms with Gasteiger partial charge in [-0.25, -0.2) is 0 Å². The molecule has 0 aliphatic carbocycles. The summed E-state index contributed by atoms with van der Waals surface area (Å²) in [6.45, 7) is 3.45. The smallest absolute Gasteiger partial charge is 0.160 e. The van der Waals surface area contributed by atoms with E-state index in [4.69, 9.17) is 16.4 Å². The van der Waals surface area contributed by atoms with Crippen LogP contribution in [0.25, 0.3) is 0 Å². The zero-order valence-corrected chi connectivity index (χ0v) is 12.1. The summed E-state index contributed by atoms with van der Waals surface area (Å²) in [5.74, 6) is 1.57. The number of anilines is 1. The summed E-state index contributed by atoms with van der Waals surface area (Å²) in [6, 6.07) is 7.71. The number of hydrogen-bond donors (Lipinski definition) is 1. The molecule has 1 N–H and O–H groups in total. The molecule has 3 saturated heterocycles. The minimum atomic E-state index is -0.0859. The maximum Gasteiger partial charge on any atom is 0.160 e. The molecule has 2 bridgehead atoms. The lowest BCUT2D eigenvalue weighted by atomic mass is 9.73. The van der Waals surface area contributed by atoms with Crippen LogP contribution in [0.15, 0.2) is 29.4 Å². The fourth-order valence-corrected chi connectivity index (χ4v) is 3.91. The molecule has 0 saturated carbocycles. The first-order valence-corrected chi connectivity index (χ1v) is 7.61. The summed E-state index contributed by atoms with van der Waals surface area (Å²) in [6.07, 6.45) is 3.35. The van der Waals surface area contributed by atoms with Gasteiger partial charge in [-0.3, -0.25) is 4.90 Å². The van der Waals surface area contributed by atoms with Gasteiger partial charge in [0.25, 0.3) is 0 Å². The zero-order valence-electron chi connectivity index (χ0n) is 11.3. The van der Waals surface area contributed by atoms with Crippen molar-refractivity contribution in [3.05, 3.63) is 29.3 Å². The maximum absolute atomic E-state index is 6.01. The monoisotopic (exact) mass is 291 g/mol. The van der Waals surface area contributed by atoms with Crippen molar-refractivity contribution in [3.63, 3.8) is 0 Å². The molecule has 1 spiro atoms. The number of nitrogens with zero attached hydrogens (tertiary/aromatic N) is 2. The van der Waals surface area contributed by atoms with Gasteiger partial charge in [0.05, 0.1) is 6.42 Å². The Morgan fingerprint density at radius 3 is 2.90 bits per heavy atom. The second-order valence-corrected chi connectivity index (χ2v) is 6.49. The molecule has 5 heteroatoms. The van der Waals surface area contributed by atoms with Crippen molar-refractivity contribution in [2.24, 2.45) is 11.1 Å². The number of nitrogens with one attached hydrogen (secondary N) is 1. The Bertz CT molecular complexity index is 554. The summed E-state index contributed by atoms with van der Waals surface area (Å²) in [5.41, 5.74) is 0.885. The number of fused-ring (bicyclic) bond motifs is 2. The largest absolute Gasteiger partial charge is 0.386 e. The van der Waals surface area contributed by atoms with Crippen LogP contribution in [0.2, 0.25) is 5.02 Å². The molecule has 4 nitrogen and oxygen atoms in total. The van der Waals surface area contributed by atoms with Crippen LogP contribution < -0.4 is 5.32 Å². The average Bonchev–Trinajstić information content (AvgIpc) is 2.83. The van der Waals surface area contributed by atoms with Crippen molar-refractivity contribution < 1.29 is 4.84 Å². The van der Waals surface area contributed by atoms with E-state index in [-0.39, 0.29) is 5.60 Å². The molecule has 20 heavy (non-hydrogen) atoms. The molecule has 0 aromatic heterocycles. The third kappa shape index (κ3) is 2.07. The summed E-state index contributed by atoms with van der Waals surface area (Å²) in [4.78, 5) is 8.38. The molecular weight excluding hydrogens is 274 g/mol. The molecule has 4 aliphatic rings. The SMILES string of the molecule is Clc1cccc(NC2=NO[C@@]3(C2)CN2CCC3CC2)c1. The number of halogens is 1. The fourth-order valence-electron chi connectivity index (χ4n) is 3.72. The minimum Gasteiger partial charge on any atom is -0.386 e. The molecule has 0 radical (unpaired) electrons. The van der Waals surface area contributed by atoms with Crippen LogP contribution in [-0.2, 0) is 4.84 Å². The van der Waals surface area contributed by atoms with Gasteiger partial charge in [0.2, 0.25) is 0 Å². The molecule has 4 heterocycles. The van der Waals surface area contributed by atoms with Crippen molar-refractivity contribution in [2.45, 2.75) is 24.9 Å². The minimum absolute atomic E-state index is 0.0859. The summed E-state index contributed by atoms with van der Waals surface area (Å²) in [5, 5.41) is 8.36. The highest BCUT2D eigenvalue weighted by molar-refractivity contribution is 6.30. The zero-order chi connectivity index (χ0) is 13.6. The average molecular weight is 292 g/mol. The maximum atomic E-state index is 6.01. The second kappa shape index (κ2) is 4.64.